The molecule has 4 saturated carbocycles. The molecule has 1 N–H and O–H groups in total. The molecular formula is C35H46O5. The Labute approximate surface area is 239 Å². The van der Waals surface area contributed by atoms with E-state index < -0.39 is 5.79 Å². The maximum Gasteiger partial charge on any atom is 0.174 e. The number of hydrogen-bond donors (Lipinski definition) is 1. The van der Waals surface area contributed by atoms with Gasteiger partial charge in [0.15, 0.2) is 5.79 Å². The second kappa shape index (κ2) is 10.5. The normalized spacial score (nSPS) is 41.8. The third kappa shape index (κ3) is 4.31. The maximum absolute atomic E-state index is 11.0. The van der Waals surface area contributed by atoms with Crippen molar-refractivity contribution in [1.82, 2.24) is 0 Å². The van der Waals surface area contributed by atoms with Gasteiger partial charge in [0.25, 0.3) is 0 Å². The van der Waals surface area contributed by atoms with Crippen LogP contribution in [-0.4, -0.2) is 42.4 Å². The van der Waals surface area contributed by atoms with Crippen LogP contribution in [0.15, 0.2) is 60.7 Å². The summed E-state index contributed by atoms with van der Waals surface area (Å²) in [5.41, 5.74) is 2.47. The minimum atomic E-state index is -0.451. The number of ether oxygens (including phenoxy) is 4. The summed E-state index contributed by atoms with van der Waals surface area (Å²) < 4.78 is 27.0. The lowest BCUT2D eigenvalue weighted by Crippen LogP contribution is -2.66. The van der Waals surface area contributed by atoms with Gasteiger partial charge in [-0.2, -0.15) is 0 Å². The molecule has 0 amide bonds. The van der Waals surface area contributed by atoms with Crippen LogP contribution < -0.4 is 0 Å². The standard InChI is InChI=1S/C35H46O5/c1-33-16-13-26(36)21-29(33)31(37-22-24-9-5-3-6-10-24)32(38-23-25-11-7-4-8-12-25)30-27(33)14-17-34(2)28(30)15-18-35(34)39-19-20-40-35/h3-12,26-32,36H,13-23H2,1-2H3/t26-,27?,28?,29?,30?,31+,32?,33+,34-/m0/s1. The second-order valence-electron chi connectivity index (χ2n) is 13.8. The van der Waals surface area contributed by atoms with Crippen molar-refractivity contribution < 1.29 is 24.1 Å². The molecule has 9 atom stereocenters. The van der Waals surface area contributed by atoms with Gasteiger partial charge in [-0.1, -0.05) is 74.5 Å². The minimum absolute atomic E-state index is 0.0274. The first kappa shape index (κ1) is 27.1. The second-order valence-corrected chi connectivity index (χ2v) is 13.8. The van der Waals surface area contributed by atoms with Crippen molar-refractivity contribution in [2.75, 3.05) is 13.2 Å². The topological polar surface area (TPSA) is 57.2 Å². The van der Waals surface area contributed by atoms with Crippen LogP contribution in [0.4, 0.5) is 0 Å². The molecule has 1 spiro atoms. The van der Waals surface area contributed by atoms with Crippen LogP contribution in [0, 0.1) is 34.5 Å². The molecule has 5 fully saturated rings. The third-order valence-electron chi connectivity index (χ3n) is 12.0. The summed E-state index contributed by atoms with van der Waals surface area (Å²) in [6.07, 6.45) is 6.71. The van der Waals surface area contributed by atoms with E-state index in [0.29, 0.717) is 44.2 Å². The van der Waals surface area contributed by atoms with Crippen molar-refractivity contribution in [2.24, 2.45) is 34.5 Å². The van der Waals surface area contributed by atoms with E-state index >= 15 is 0 Å². The molecule has 7 rings (SSSR count). The Bertz CT molecular complexity index is 1150. The van der Waals surface area contributed by atoms with Crippen LogP contribution in [0.5, 0.6) is 0 Å². The van der Waals surface area contributed by atoms with Gasteiger partial charge in [0.2, 0.25) is 0 Å². The fourth-order valence-corrected chi connectivity index (χ4v) is 10.0. The summed E-state index contributed by atoms with van der Waals surface area (Å²) in [5.74, 6) is 1.18. The fraction of sp³-hybridized carbons (Fsp3) is 0.657. The van der Waals surface area contributed by atoms with Crippen LogP contribution in [0.1, 0.15) is 69.9 Å². The summed E-state index contributed by atoms with van der Waals surface area (Å²) in [6, 6.07) is 21.1. The first-order valence-electron chi connectivity index (χ1n) is 15.7. The van der Waals surface area contributed by atoms with Crippen molar-refractivity contribution in [2.45, 2.75) is 96.1 Å². The molecule has 4 aliphatic carbocycles. The van der Waals surface area contributed by atoms with E-state index in [-0.39, 0.29) is 35.1 Å². The van der Waals surface area contributed by atoms with Gasteiger partial charge >= 0.3 is 0 Å². The zero-order valence-corrected chi connectivity index (χ0v) is 24.2. The van der Waals surface area contributed by atoms with Crippen molar-refractivity contribution >= 4 is 0 Å². The molecule has 5 heteroatoms. The molecule has 1 saturated heterocycles. The fourth-order valence-electron chi connectivity index (χ4n) is 10.0. The number of rotatable bonds is 6. The Hall–Kier alpha value is -1.76. The molecule has 1 heterocycles. The van der Waals surface area contributed by atoms with E-state index in [1.807, 2.05) is 0 Å². The first-order valence-corrected chi connectivity index (χ1v) is 15.7. The van der Waals surface area contributed by atoms with Crippen molar-refractivity contribution in [3.05, 3.63) is 71.8 Å². The zero-order valence-electron chi connectivity index (χ0n) is 24.2. The van der Waals surface area contributed by atoms with Crippen LogP contribution in [0.3, 0.4) is 0 Å². The van der Waals surface area contributed by atoms with E-state index in [4.69, 9.17) is 18.9 Å². The smallest absolute Gasteiger partial charge is 0.174 e. The molecule has 5 nitrogen and oxygen atoms in total. The highest BCUT2D eigenvalue weighted by atomic mass is 16.7. The van der Waals surface area contributed by atoms with Crippen LogP contribution in [0.25, 0.3) is 0 Å². The molecule has 40 heavy (non-hydrogen) atoms. The Morgan fingerprint density at radius 3 is 1.98 bits per heavy atom. The lowest BCUT2D eigenvalue weighted by atomic mass is 9.43. The van der Waals surface area contributed by atoms with Crippen molar-refractivity contribution in [3.8, 4) is 0 Å². The summed E-state index contributed by atoms with van der Waals surface area (Å²) in [4.78, 5) is 0. The average molecular weight is 547 g/mol. The molecular weight excluding hydrogens is 500 g/mol. The number of hydrogen-bond acceptors (Lipinski definition) is 5. The molecule has 0 bridgehead atoms. The highest BCUT2D eigenvalue weighted by Crippen LogP contribution is 2.70. The molecule has 2 aromatic rings. The van der Waals surface area contributed by atoms with Gasteiger partial charge in [0.1, 0.15) is 0 Å². The monoisotopic (exact) mass is 546 g/mol. The van der Waals surface area contributed by atoms with E-state index in [9.17, 15) is 5.11 Å². The number of benzene rings is 2. The predicted octanol–water partition coefficient (Wildman–Crippen LogP) is 6.52. The molecule has 5 aliphatic rings. The van der Waals surface area contributed by atoms with Gasteiger partial charge in [-0.25, -0.2) is 0 Å². The quantitative estimate of drug-likeness (QED) is 0.447. The first-order chi connectivity index (χ1) is 19.4. The van der Waals surface area contributed by atoms with E-state index in [0.717, 1.165) is 44.9 Å². The summed E-state index contributed by atoms with van der Waals surface area (Å²) in [7, 11) is 0. The Balaban J connectivity index is 1.28. The highest BCUT2D eigenvalue weighted by Gasteiger charge is 2.70. The number of aliphatic hydroxyl groups excluding tert-OH is 1. The zero-order chi connectivity index (χ0) is 27.4. The molecule has 216 valence electrons. The van der Waals surface area contributed by atoms with Gasteiger partial charge in [-0.15, -0.1) is 0 Å². The Kier molecular flexibility index (Phi) is 7.11. The SMILES string of the molecule is C[C@]12CC[C@H](O)CC1[C@@H](OCc1ccccc1)C(OCc1ccccc1)C1C2CC[C@@]2(C)C1CCC21OCCO1. The highest BCUT2D eigenvalue weighted by molar-refractivity contribution is 5.19. The molecule has 0 radical (unpaired) electrons. The Morgan fingerprint density at radius 2 is 1.32 bits per heavy atom. The van der Waals surface area contributed by atoms with Crippen LogP contribution in [-0.2, 0) is 32.2 Å². The van der Waals surface area contributed by atoms with Gasteiger partial charge in [-0.05, 0) is 78.7 Å². The summed E-state index contributed by atoms with van der Waals surface area (Å²) in [5, 5.41) is 11.0. The van der Waals surface area contributed by atoms with Gasteiger partial charge in [0, 0.05) is 11.8 Å². The van der Waals surface area contributed by atoms with Crippen molar-refractivity contribution in [3.63, 3.8) is 0 Å². The molecule has 1 aliphatic heterocycles. The van der Waals surface area contributed by atoms with E-state index in [1.54, 1.807) is 0 Å². The predicted molar refractivity (Wildman–Crippen MR) is 153 cm³/mol. The van der Waals surface area contributed by atoms with Crippen molar-refractivity contribution in [1.29, 1.82) is 0 Å². The molecule has 2 aromatic carbocycles. The van der Waals surface area contributed by atoms with E-state index in [2.05, 4.69) is 74.5 Å². The van der Waals surface area contributed by atoms with Gasteiger partial charge < -0.3 is 24.1 Å². The van der Waals surface area contributed by atoms with E-state index in [1.165, 1.54) is 11.1 Å². The Morgan fingerprint density at radius 1 is 0.725 bits per heavy atom. The maximum atomic E-state index is 11.0. The molecule has 0 aromatic heterocycles. The van der Waals surface area contributed by atoms with Gasteiger partial charge in [-0.3, -0.25) is 0 Å². The summed E-state index contributed by atoms with van der Waals surface area (Å²) >= 11 is 0. The number of aliphatic hydroxyl groups is 1. The molecule has 5 unspecified atom stereocenters. The van der Waals surface area contributed by atoms with Crippen LogP contribution >= 0.6 is 0 Å². The lowest BCUT2D eigenvalue weighted by Gasteiger charge is -2.65. The van der Waals surface area contributed by atoms with Crippen LogP contribution in [0.2, 0.25) is 0 Å². The summed E-state index contributed by atoms with van der Waals surface area (Å²) in [6.45, 7) is 7.50. The lowest BCUT2D eigenvalue weighted by molar-refractivity contribution is -0.282. The minimum Gasteiger partial charge on any atom is -0.393 e. The average Bonchev–Trinajstić information content (AvgIpc) is 3.58. The number of fused-ring (bicyclic) bond motifs is 6. The third-order valence-corrected chi connectivity index (χ3v) is 12.0. The largest absolute Gasteiger partial charge is 0.393 e. The van der Waals surface area contributed by atoms with Gasteiger partial charge in [0.05, 0.1) is 44.7 Å².